The van der Waals surface area contributed by atoms with E-state index in [4.69, 9.17) is 28.4 Å². The van der Waals surface area contributed by atoms with Gasteiger partial charge >= 0.3 is 11.9 Å². The van der Waals surface area contributed by atoms with E-state index >= 15 is 0 Å². The quantitative estimate of drug-likeness (QED) is 0.261. The van der Waals surface area contributed by atoms with Crippen LogP contribution in [0.5, 0.6) is 0 Å². The molecule has 0 spiro atoms. The van der Waals surface area contributed by atoms with Crippen LogP contribution in [0.1, 0.15) is 74.7 Å². The van der Waals surface area contributed by atoms with E-state index < -0.39 is 28.9 Å². The van der Waals surface area contributed by atoms with Crippen molar-refractivity contribution in [3.63, 3.8) is 0 Å². The molecule has 0 bridgehead atoms. The molecule has 0 aromatic carbocycles. The van der Waals surface area contributed by atoms with Crippen molar-refractivity contribution in [3.8, 4) is 0 Å². The lowest BCUT2D eigenvalue weighted by molar-refractivity contribution is -0.317. The van der Waals surface area contributed by atoms with Crippen molar-refractivity contribution in [1.29, 1.82) is 0 Å². The van der Waals surface area contributed by atoms with Crippen LogP contribution < -0.4 is 0 Å². The van der Waals surface area contributed by atoms with E-state index in [1.165, 1.54) is 0 Å². The van der Waals surface area contributed by atoms with Gasteiger partial charge in [-0.05, 0) is 54.4 Å². The van der Waals surface area contributed by atoms with Gasteiger partial charge in [0.2, 0.25) is 0 Å². The number of esters is 2. The Morgan fingerprint density at radius 1 is 0.906 bits per heavy atom. The van der Waals surface area contributed by atoms with Crippen LogP contribution in [0.3, 0.4) is 0 Å². The predicted molar refractivity (Wildman–Crippen MR) is 120 cm³/mol. The topological polar surface area (TPSA) is 89.5 Å². The highest BCUT2D eigenvalue weighted by molar-refractivity contribution is 5.71. The molecule has 0 amide bonds. The van der Waals surface area contributed by atoms with Crippen molar-refractivity contribution < 1.29 is 38.0 Å². The molecule has 0 N–H and O–H groups in total. The van der Waals surface area contributed by atoms with Crippen LogP contribution >= 0.6 is 0 Å². The summed E-state index contributed by atoms with van der Waals surface area (Å²) in [5, 5.41) is 0. The number of hydrogen-bond donors (Lipinski definition) is 0. The zero-order valence-electron chi connectivity index (χ0n) is 21.0. The molecule has 8 nitrogen and oxygen atoms in total. The van der Waals surface area contributed by atoms with Gasteiger partial charge in [0, 0.05) is 6.42 Å². The van der Waals surface area contributed by atoms with Gasteiger partial charge < -0.3 is 28.4 Å². The van der Waals surface area contributed by atoms with Gasteiger partial charge in [-0.2, -0.15) is 0 Å². The smallest absolute Gasteiger partial charge is 0.332 e. The fourth-order valence-electron chi connectivity index (χ4n) is 3.20. The molecule has 8 heteroatoms. The normalized spacial score (nSPS) is 21.5. The summed E-state index contributed by atoms with van der Waals surface area (Å²) in [5.41, 5.74) is -1.08. The highest BCUT2D eigenvalue weighted by atomic mass is 16.7. The Morgan fingerprint density at radius 3 is 1.94 bits per heavy atom. The minimum Gasteiger partial charge on any atom is -0.458 e. The molecule has 1 aliphatic heterocycles. The van der Waals surface area contributed by atoms with E-state index in [1.807, 2.05) is 67.5 Å². The summed E-state index contributed by atoms with van der Waals surface area (Å²) in [4.78, 5) is 23.6. The molecule has 1 rings (SSSR count). The molecule has 1 fully saturated rings. The summed E-state index contributed by atoms with van der Waals surface area (Å²) in [5.74, 6) is -1.50. The average molecular weight is 459 g/mol. The van der Waals surface area contributed by atoms with Crippen LogP contribution in [-0.2, 0) is 38.0 Å². The number of carbonyl (C=O) groups is 2. The minimum absolute atomic E-state index is 0.106. The molecular weight excluding hydrogens is 416 g/mol. The summed E-state index contributed by atoms with van der Waals surface area (Å²) >= 11 is 0. The van der Waals surface area contributed by atoms with Gasteiger partial charge in [-0.1, -0.05) is 26.0 Å². The Balaban J connectivity index is 2.53. The Labute approximate surface area is 192 Å². The largest absolute Gasteiger partial charge is 0.458 e. The van der Waals surface area contributed by atoms with Gasteiger partial charge in [-0.3, -0.25) is 0 Å². The maximum absolute atomic E-state index is 11.9. The zero-order chi connectivity index (χ0) is 24.4. The van der Waals surface area contributed by atoms with E-state index in [9.17, 15) is 9.59 Å². The maximum Gasteiger partial charge on any atom is 0.332 e. The molecule has 1 saturated heterocycles. The third-order valence-corrected chi connectivity index (χ3v) is 4.47. The molecule has 0 aromatic rings. The molecule has 0 aliphatic carbocycles. The van der Waals surface area contributed by atoms with Gasteiger partial charge in [0.15, 0.2) is 5.79 Å². The maximum atomic E-state index is 11.9. The standard InChI is InChI=1S/C24H42O8/c1-9-24(10-2)29-18(12-11-13-27-16-20(25)31-22(3,4)5)14-19(30-24)15-28-17-21(26)32-23(6,7)8/h11-12,18-19H,9-10,13-17H2,1-8H3/b12-11-/t18-,19-/m1/s1. The summed E-state index contributed by atoms with van der Waals surface area (Å²) in [7, 11) is 0. The number of carbonyl (C=O) groups excluding carboxylic acids is 2. The average Bonchev–Trinajstić information content (AvgIpc) is 2.64. The second-order valence-electron chi connectivity index (χ2n) is 9.88. The SMILES string of the molecule is CCC1(CC)O[C@@H](COCC(=O)OC(C)(C)C)C[C@@H](/C=C\COCC(=O)OC(C)(C)C)O1. The lowest BCUT2D eigenvalue weighted by Gasteiger charge is -2.43. The number of rotatable bonds is 11. The Kier molecular flexibility index (Phi) is 11.3. The number of ether oxygens (including phenoxy) is 6. The van der Waals surface area contributed by atoms with Gasteiger partial charge in [-0.15, -0.1) is 0 Å². The van der Waals surface area contributed by atoms with Crippen LogP contribution in [0.4, 0.5) is 0 Å². The summed E-state index contributed by atoms with van der Waals surface area (Å²) in [6, 6.07) is 0. The zero-order valence-corrected chi connectivity index (χ0v) is 21.0. The van der Waals surface area contributed by atoms with Crippen LogP contribution in [0.25, 0.3) is 0 Å². The van der Waals surface area contributed by atoms with Crippen molar-refractivity contribution in [2.75, 3.05) is 26.4 Å². The second-order valence-corrected chi connectivity index (χ2v) is 9.88. The molecule has 1 aliphatic rings. The minimum atomic E-state index is -0.704. The first-order valence-corrected chi connectivity index (χ1v) is 11.4. The monoisotopic (exact) mass is 458 g/mol. The molecule has 32 heavy (non-hydrogen) atoms. The molecule has 0 saturated carbocycles. The fourth-order valence-corrected chi connectivity index (χ4v) is 3.20. The van der Waals surface area contributed by atoms with Crippen molar-refractivity contribution in [2.45, 2.75) is 104 Å². The van der Waals surface area contributed by atoms with Crippen LogP contribution in [0, 0.1) is 0 Å². The van der Waals surface area contributed by atoms with Gasteiger partial charge in [0.25, 0.3) is 0 Å². The number of hydrogen-bond acceptors (Lipinski definition) is 8. The van der Waals surface area contributed by atoms with Gasteiger partial charge in [0.1, 0.15) is 24.4 Å². The van der Waals surface area contributed by atoms with Crippen LogP contribution in [-0.4, -0.2) is 67.6 Å². The van der Waals surface area contributed by atoms with Crippen molar-refractivity contribution >= 4 is 11.9 Å². The van der Waals surface area contributed by atoms with Crippen LogP contribution in [0.2, 0.25) is 0 Å². The molecule has 0 radical (unpaired) electrons. The lowest BCUT2D eigenvalue weighted by atomic mass is 10.0. The molecule has 1 heterocycles. The predicted octanol–water partition coefficient (Wildman–Crippen LogP) is 3.95. The molecular formula is C24H42O8. The Morgan fingerprint density at radius 2 is 1.44 bits per heavy atom. The third kappa shape index (κ3) is 11.9. The summed E-state index contributed by atoms with van der Waals surface area (Å²) in [6.45, 7) is 15.2. The molecule has 0 aromatic heterocycles. The van der Waals surface area contributed by atoms with E-state index in [1.54, 1.807) is 0 Å². The lowest BCUT2D eigenvalue weighted by Crippen LogP contribution is -2.49. The first-order valence-electron chi connectivity index (χ1n) is 11.4. The highest BCUT2D eigenvalue weighted by Crippen LogP contribution is 2.33. The van der Waals surface area contributed by atoms with Crippen LogP contribution in [0.15, 0.2) is 12.2 Å². The first kappa shape index (κ1) is 28.6. The van der Waals surface area contributed by atoms with Gasteiger partial charge in [-0.25, -0.2) is 9.59 Å². The Hall–Kier alpha value is -1.48. The van der Waals surface area contributed by atoms with E-state index in [-0.39, 0.29) is 38.6 Å². The van der Waals surface area contributed by atoms with Gasteiger partial charge in [0.05, 0.1) is 25.4 Å². The molecule has 2 atom stereocenters. The van der Waals surface area contributed by atoms with E-state index in [2.05, 4.69) is 0 Å². The second kappa shape index (κ2) is 12.7. The van der Waals surface area contributed by atoms with Crippen molar-refractivity contribution in [3.05, 3.63) is 12.2 Å². The van der Waals surface area contributed by atoms with Crippen molar-refractivity contribution in [1.82, 2.24) is 0 Å². The summed E-state index contributed by atoms with van der Waals surface area (Å²) < 4.78 is 33.8. The first-order chi connectivity index (χ1) is 14.8. The van der Waals surface area contributed by atoms with Crippen molar-refractivity contribution in [2.24, 2.45) is 0 Å². The fraction of sp³-hybridized carbons (Fsp3) is 0.833. The Bertz CT molecular complexity index is 610. The van der Waals surface area contributed by atoms with E-state index in [0.29, 0.717) is 19.3 Å². The molecule has 186 valence electrons. The highest BCUT2D eigenvalue weighted by Gasteiger charge is 2.39. The molecule has 0 unspecified atom stereocenters. The third-order valence-electron chi connectivity index (χ3n) is 4.47. The summed E-state index contributed by atoms with van der Waals surface area (Å²) in [6.07, 6.45) is 5.29. The van der Waals surface area contributed by atoms with E-state index in [0.717, 1.165) is 0 Å².